The molecule has 0 aliphatic carbocycles. The van der Waals surface area contributed by atoms with Gasteiger partial charge in [-0.3, -0.25) is 10.1 Å². The minimum absolute atomic E-state index is 0. The third-order valence-corrected chi connectivity index (χ3v) is 5.49. The Morgan fingerprint density at radius 2 is 1.87 bits per heavy atom. The Hall–Kier alpha value is -2.36. The number of aromatic nitrogens is 3. The van der Waals surface area contributed by atoms with E-state index in [1.54, 1.807) is 13.3 Å². The van der Waals surface area contributed by atoms with E-state index in [1.807, 2.05) is 12.1 Å². The maximum atomic E-state index is 5.32. The molecule has 0 bridgehead atoms. The molecule has 0 saturated heterocycles. The molecule has 0 unspecified atom stereocenters. The molecule has 0 aliphatic heterocycles. The molecule has 162 valence electrons. The van der Waals surface area contributed by atoms with Gasteiger partial charge in [-0.25, -0.2) is 4.98 Å². The topological polar surface area (TPSA) is 91.1 Å². The SMILES string of the molecule is CCC(CC)(CNC(=NC)NCCc1nc(-c2ccco2)n[nH]1)c1ccccc1.I. The van der Waals surface area contributed by atoms with E-state index in [9.17, 15) is 0 Å². The number of nitrogens with zero attached hydrogens (tertiary/aromatic N) is 3. The highest BCUT2D eigenvalue weighted by Gasteiger charge is 2.28. The van der Waals surface area contributed by atoms with Gasteiger partial charge in [0, 0.05) is 32.0 Å². The largest absolute Gasteiger partial charge is 0.461 e. The van der Waals surface area contributed by atoms with E-state index in [2.05, 4.69) is 75.0 Å². The maximum Gasteiger partial charge on any atom is 0.216 e. The Balaban J connectivity index is 0.00000320. The Bertz CT molecular complexity index is 888. The van der Waals surface area contributed by atoms with Gasteiger partial charge in [-0.05, 0) is 30.5 Å². The first-order chi connectivity index (χ1) is 14.2. The monoisotopic (exact) mass is 522 g/mol. The summed E-state index contributed by atoms with van der Waals surface area (Å²) in [5.74, 6) is 2.83. The predicted octanol–water partition coefficient (Wildman–Crippen LogP) is 4.15. The molecular formula is C22H31IN6O. The molecule has 7 nitrogen and oxygen atoms in total. The van der Waals surface area contributed by atoms with E-state index in [0.29, 0.717) is 24.6 Å². The molecule has 30 heavy (non-hydrogen) atoms. The van der Waals surface area contributed by atoms with E-state index in [-0.39, 0.29) is 29.4 Å². The fourth-order valence-corrected chi connectivity index (χ4v) is 3.50. The normalized spacial score (nSPS) is 11.8. The van der Waals surface area contributed by atoms with Crippen LogP contribution in [0.3, 0.4) is 0 Å². The van der Waals surface area contributed by atoms with Gasteiger partial charge < -0.3 is 15.1 Å². The molecule has 3 aromatic rings. The summed E-state index contributed by atoms with van der Waals surface area (Å²) in [6.45, 7) is 6.02. The lowest BCUT2D eigenvalue weighted by Gasteiger charge is -2.33. The van der Waals surface area contributed by atoms with Crippen molar-refractivity contribution in [3.63, 3.8) is 0 Å². The van der Waals surface area contributed by atoms with Gasteiger partial charge in [-0.15, -0.1) is 24.0 Å². The molecule has 3 rings (SSSR count). The van der Waals surface area contributed by atoms with Crippen LogP contribution in [0.15, 0.2) is 58.1 Å². The van der Waals surface area contributed by atoms with Crippen LogP contribution in [0.4, 0.5) is 0 Å². The average Bonchev–Trinajstić information content (AvgIpc) is 3.46. The first-order valence-corrected chi connectivity index (χ1v) is 10.2. The molecule has 8 heteroatoms. The first kappa shape index (κ1) is 23.9. The first-order valence-electron chi connectivity index (χ1n) is 10.2. The van der Waals surface area contributed by atoms with E-state index in [1.165, 1.54) is 5.56 Å². The molecule has 0 atom stereocenters. The van der Waals surface area contributed by atoms with Crippen molar-refractivity contribution in [1.29, 1.82) is 0 Å². The van der Waals surface area contributed by atoms with Gasteiger partial charge in [0.15, 0.2) is 11.7 Å². The van der Waals surface area contributed by atoms with E-state index in [0.717, 1.165) is 31.2 Å². The van der Waals surface area contributed by atoms with Crippen LogP contribution in [0.2, 0.25) is 0 Å². The van der Waals surface area contributed by atoms with Crippen LogP contribution in [0.1, 0.15) is 38.1 Å². The molecule has 0 aliphatic rings. The lowest BCUT2D eigenvalue weighted by atomic mass is 9.76. The number of guanidine groups is 1. The zero-order chi connectivity index (χ0) is 20.5. The van der Waals surface area contributed by atoms with Crippen molar-refractivity contribution in [3.05, 3.63) is 60.1 Å². The fourth-order valence-electron chi connectivity index (χ4n) is 3.50. The number of benzene rings is 1. The molecular weight excluding hydrogens is 491 g/mol. The number of H-pyrrole nitrogens is 1. The molecule has 0 fully saturated rings. The highest BCUT2D eigenvalue weighted by molar-refractivity contribution is 14.0. The molecule has 3 N–H and O–H groups in total. The van der Waals surface area contributed by atoms with Crippen LogP contribution in [0.5, 0.6) is 0 Å². The summed E-state index contributed by atoms with van der Waals surface area (Å²) in [6.07, 6.45) is 4.45. The zero-order valence-electron chi connectivity index (χ0n) is 17.8. The number of furan rings is 1. The van der Waals surface area contributed by atoms with Crippen LogP contribution in [-0.4, -0.2) is 41.3 Å². The van der Waals surface area contributed by atoms with Gasteiger partial charge in [0.25, 0.3) is 0 Å². The number of rotatable bonds is 9. The lowest BCUT2D eigenvalue weighted by molar-refractivity contribution is 0.389. The second-order valence-corrected chi connectivity index (χ2v) is 7.04. The van der Waals surface area contributed by atoms with Crippen LogP contribution in [0, 0.1) is 0 Å². The van der Waals surface area contributed by atoms with E-state index in [4.69, 9.17) is 4.42 Å². The summed E-state index contributed by atoms with van der Waals surface area (Å²) in [6, 6.07) is 14.4. The van der Waals surface area contributed by atoms with Crippen LogP contribution >= 0.6 is 24.0 Å². The number of halogens is 1. The molecule has 2 heterocycles. The van der Waals surface area contributed by atoms with Crippen molar-refractivity contribution in [2.24, 2.45) is 4.99 Å². The predicted molar refractivity (Wildman–Crippen MR) is 131 cm³/mol. The number of nitrogens with one attached hydrogen (secondary N) is 3. The van der Waals surface area contributed by atoms with Crippen molar-refractivity contribution in [2.75, 3.05) is 20.1 Å². The summed E-state index contributed by atoms with van der Waals surface area (Å²) in [5.41, 5.74) is 1.45. The van der Waals surface area contributed by atoms with E-state index >= 15 is 0 Å². The Labute approximate surface area is 195 Å². The van der Waals surface area contributed by atoms with Gasteiger partial charge in [0.2, 0.25) is 5.82 Å². The Morgan fingerprint density at radius 3 is 2.50 bits per heavy atom. The molecule has 2 aromatic heterocycles. The summed E-state index contributed by atoms with van der Waals surface area (Å²) in [5, 5.41) is 14.0. The lowest BCUT2D eigenvalue weighted by Crippen LogP contribution is -2.45. The minimum atomic E-state index is 0. The van der Waals surface area contributed by atoms with E-state index < -0.39 is 0 Å². The number of hydrogen-bond donors (Lipinski definition) is 3. The maximum absolute atomic E-state index is 5.32. The summed E-state index contributed by atoms with van der Waals surface area (Å²) < 4.78 is 5.32. The summed E-state index contributed by atoms with van der Waals surface area (Å²) >= 11 is 0. The molecule has 0 saturated carbocycles. The molecule has 0 amide bonds. The van der Waals surface area contributed by atoms with Crippen LogP contribution in [-0.2, 0) is 11.8 Å². The van der Waals surface area contributed by atoms with Crippen molar-refractivity contribution >= 4 is 29.9 Å². The van der Waals surface area contributed by atoms with Gasteiger partial charge in [0.05, 0.1) is 6.26 Å². The zero-order valence-corrected chi connectivity index (χ0v) is 20.1. The second-order valence-electron chi connectivity index (χ2n) is 7.04. The molecule has 0 radical (unpaired) electrons. The minimum Gasteiger partial charge on any atom is -0.461 e. The number of hydrogen-bond acceptors (Lipinski definition) is 4. The van der Waals surface area contributed by atoms with Crippen molar-refractivity contribution in [3.8, 4) is 11.6 Å². The summed E-state index contributed by atoms with van der Waals surface area (Å²) in [4.78, 5) is 8.83. The van der Waals surface area contributed by atoms with Gasteiger partial charge >= 0.3 is 0 Å². The van der Waals surface area contributed by atoms with Crippen molar-refractivity contribution in [1.82, 2.24) is 25.8 Å². The van der Waals surface area contributed by atoms with Gasteiger partial charge in [0.1, 0.15) is 5.82 Å². The summed E-state index contributed by atoms with van der Waals surface area (Å²) in [7, 11) is 1.79. The quantitative estimate of drug-likeness (QED) is 0.223. The van der Waals surface area contributed by atoms with Gasteiger partial charge in [-0.1, -0.05) is 44.2 Å². The van der Waals surface area contributed by atoms with Gasteiger partial charge in [-0.2, -0.15) is 5.10 Å². The van der Waals surface area contributed by atoms with Crippen LogP contribution < -0.4 is 10.6 Å². The smallest absolute Gasteiger partial charge is 0.216 e. The highest BCUT2D eigenvalue weighted by atomic mass is 127. The fraction of sp³-hybridized carbons (Fsp3) is 0.409. The molecule has 0 spiro atoms. The number of aromatic amines is 1. The number of aliphatic imine (C=N–C) groups is 1. The average molecular weight is 522 g/mol. The third-order valence-electron chi connectivity index (χ3n) is 5.49. The van der Waals surface area contributed by atoms with Crippen molar-refractivity contribution in [2.45, 2.75) is 38.5 Å². The standard InChI is InChI=1S/C22H30N6O.HI/c1-4-22(5-2,17-10-7-6-8-11-17)16-25-21(23-3)24-14-13-19-26-20(28-27-19)18-12-9-15-29-18;/h6-12,15H,4-5,13-14,16H2,1-3H3,(H2,23,24,25)(H,26,27,28);1H. The Morgan fingerprint density at radius 1 is 1.10 bits per heavy atom. The van der Waals surface area contributed by atoms with Crippen LogP contribution in [0.25, 0.3) is 11.6 Å². The third kappa shape index (κ3) is 5.84. The Kier molecular flexibility index (Phi) is 9.35. The highest BCUT2D eigenvalue weighted by Crippen LogP contribution is 2.30. The van der Waals surface area contributed by atoms with Crippen molar-refractivity contribution < 1.29 is 4.42 Å². The second kappa shape index (κ2) is 11.7. The molecule has 1 aromatic carbocycles.